The highest BCUT2D eigenvalue weighted by Gasteiger charge is 2.15. The van der Waals surface area contributed by atoms with Crippen LogP contribution in [0.5, 0.6) is 0 Å². The summed E-state index contributed by atoms with van der Waals surface area (Å²) in [6.45, 7) is 65.8. The Morgan fingerprint density at radius 2 is 0.495 bits per heavy atom. The van der Waals surface area contributed by atoms with Gasteiger partial charge in [-0.1, -0.05) is 172 Å². The van der Waals surface area contributed by atoms with Crippen molar-refractivity contribution in [3.05, 3.63) is 74.2 Å². The molecule has 0 fully saturated rings. The number of aromatic nitrogens is 10. The lowest BCUT2D eigenvalue weighted by molar-refractivity contribution is -0.116. The van der Waals surface area contributed by atoms with E-state index in [2.05, 4.69) is 56.5 Å². The molecular weight excluding hydrogens is 1760 g/mol. The number of aliphatic imine (C=N–C) groups is 1. The molecule has 6 rings (SSSR count). The maximum absolute atomic E-state index is 11.1. The van der Waals surface area contributed by atoms with Gasteiger partial charge in [0.2, 0.25) is 65.2 Å². The van der Waals surface area contributed by atoms with E-state index in [1.54, 1.807) is 73.6 Å². The molecule has 29 nitrogen and oxygen atoms in total. The number of nitrogens with zero attached hydrogens (tertiary/aromatic N) is 12. The van der Waals surface area contributed by atoms with Crippen LogP contribution in [-0.2, 0) is 89.9 Å². The average Bonchev–Trinajstić information content (AvgIpc) is 1.77. The molecule has 0 unspecified atom stereocenters. The number of halogens is 3. The number of ether oxygens (including phenoxy) is 6. The smallest absolute Gasteiger partial charge is 0.244 e. The molecule has 5 aromatic heterocycles. The van der Waals surface area contributed by atoms with Gasteiger partial charge in [0.05, 0.1) is 0 Å². The summed E-state index contributed by atoms with van der Waals surface area (Å²) in [5.74, 6) is 2.58. The molecule has 0 aliphatic carbocycles. The first-order valence-corrected chi connectivity index (χ1v) is 39.3. The van der Waals surface area contributed by atoms with Gasteiger partial charge in [-0.3, -0.25) is 55.4 Å². The van der Waals surface area contributed by atoms with Gasteiger partial charge in [-0.2, -0.15) is 4.99 Å². The number of amides is 6. The summed E-state index contributed by atoms with van der Waals surface area (Å²) in [7, 11) is 10.1. The number of carbonyl (C=O) groups excluding carboxylic acids is 6. The van der Waals surface area contributed by atoms with Gasteiger partial charge in [0.15, 0.2) is 0 Å². The maximum Gasteiger partial charge on any atom is 0.244 e. The zero-order valence-electron chi connectivity index (χ0n) is 76.4. The number of aryl methyl sites for hydroxylation is 5. The van der Waals surface area contributed by atoms with Crippen LogP contribution in [0.3, 0.4) is 0 Å². The first-order chi connectivity index (χ1) is 52.4. The molecule has 0 spiro atoms. The van der Waals surface area contributed by atoms with Crippen molar-refractivity contribution in [3.63, 3.8) is 0 Å². The number of hydrogen-bond acceptors (Lipinski definition) is 17. The fourth-order valence-electron chi connectivity index (χ4n) is 7.12. The molecule has 1 aliphatic rings. The molecule has 0 aromatic carbocycles. The van der Waals surface area contributed by atoms with E-state index >= 15 is 0 Å². The molecular formula is C79H166I3N17O12. The molecule has 32 heteroatoms. The summed E-state index contributed by atoms with van der Waals surface area (Å²) in [5.41, 5.74) is 0. The first-order valence-electron chi connectivity index (χ1n) is 39.3. The molecule has 6 heterocycles. The van der Waals surface area contributed by atoms with Crippen molar-refractivity contribution >= 4 is 143 Å². The van der Waals surface area contributed by atoms with Crippen LogP contribution in [0.25, 0.3) is 0 Å². The lowest BCUT2D eigenvalue weighted by Gasteiger charge is -2.17. The highest BCUT2D eigenvalue weighted by molar-refractivity contribution is 14.0. The third kappa shape index (κ3) is 93.0. The van der Waals surface area contributed by atoms with E-state index in [9.17, 15) is 28.8 Å². The predicted octanol–water partition coefficient (Wildman–Crippen LogP) is 19.7. The van der Waals surface area contributed by atoms with Gasteiger partial charge in [0.1, 0.15) is 5.84 Å². The summed E-state index contributed by atoms with van der Waals surface area (Å²) in [4.78, 5) is 92.7. The highest BCUT2D eigenvalue weighted by Crippen LogP contribution is 2.13. The van der Waals surface area contributed by atoms with E-state index < -0.39 is 0 Å². The molecule has 660 valence electrons. The maximum atomic E-state index is 11.1. The summed E-state index contributed by atoms with van der Waals surface area (Å²) < 4.78 is 38.0. The lowest BCUT2D eigenvalue weighted by Crippen LogP contribution is -2.24. The minimum Gasteiger partial charge on any atom is -0.385 e. The number of carbonyl (C=O) groups is 6. The Morgan fingerprint density at radius 1 is 0.315 bits per heavy atom. The zero-order valence-corrected chi connectivity index (χ0v) is 83.3. The molecule has 0 radical (unpaired) electrons. The number of rotatable bonds is 29. The minimum absolute atomic E-state index is 0. The minimum atomic E-state index is -0.179. The van der Waals surface area contributed by atoms with Crippen molar-refractivity contribution in [2.45, 2.75) is 285 Å². The van der Waals surface area contributed by atoms with Crippen molar-refractivity contribution in [1.29, 1.82) is 0 Å². The molecule has 111 heavy (non-hydrogen) atoms. The second-order valence-electron chi connectivity index (χ2n) is 18.0. The lowest BCUT2D eigenvalue weighted by atomic mass is 10.3. The van der Waals surface area contributed by atoms with E-state index in [1.165, 1.54) is 41.5 Å². The topological polar surface area (TPSA) is 323 Å². The third-order valence-corrected chi connectivity index (χ3v) is 10.7. The molecule has 0 saturated carbocycles. The summed E-state index contributed by atoms with van der Waals surface area (Å²) in [6, 6.07) is 0. The van der Waals surface area contributed by atoms with Crippen molar-refractivity contribution in [2.75, 3.05) is 115 Å². The highest BCUT2D eigenvalue weighted by atomic mass is 127. The standard InChI is InChI=1S/C14H19N5O2.2C13H18N6O2.3C5H12O2.12C2H6.3HI/c1-11(20)16-13-5-3-7-18(13)8-4-9-19-10-6-15-14(19)17-12(2)21;2*1-10(20)16-12-14-4-8-18(12)6-3-7-19-9-5-15-13(19)17-11(2)21;3*1-6-4-3-5-7-2;12*1-2;;;/h3,6-7,10H,4-5,8-9H2,1-2H3,(H,15,17,21);2*4-5,8-9H,3,6-7H2,1-2H3,(H,14,16,20)(H,15,17,21);3*3-5H2,1-2H3;12*1-2H3;3*1H. The van der Waals surface area contributed by atoms with E-state index in [1.807, 2.05) is 237 Å². The van der Waals surface area contributed by atoms with Crippen molar-refractivity contribution < 1.29 is 57.2 Å². The van der Waals surface area contributed by atoms with Crippen LogP contribution in [0, 0.1) is 0 Å². The molecule has 0 atom stereocenters. The Hall–Kier alpha value is -5.77. The quantitative estimate of drug-likeness (QED) is 0.0219. The molecule has 0 saturated heterocycles. The van der Waals surface area contributed by atoms with Crippen LogP contribution in [0.4, 0.5) is 29.7 Å². The Bertz CT molecular complexity index is 2430. The number of imidazole rings is 5. The van der Waals surface area contributed by atoms with Crippen LogP contribution in [0.1, 0.15) is 253 Å². The number of hydrogen-bond donors (Lipinski definition) is 5. The predicted molar refractivity (Wildman–Crippen MR) is 503 cm³/mol. The van der Waals surface area contributed by atoms with Gasteiger partial charge >= 0.3 is 0 Å². The van der Waals surface area contributed by atoms with Crippen LogP contribution in [0.15, 0.2) is 79.2 Å². The summed E-state index contributed by atoms with van der Waals surface area (Å²) in [5, 5.41) is 13.4. The van der Waals surface area contributed by atoms with Crippen LogP contribution < -0.4 is 26.6 Å². The molecule has 0 bridgehead atoms. The molecule has 6 amide bonds. The van der Waals surface area contributed by atoms with Gasteiger partial charge in [0.25, 0.3) is 0 Å². The van der Waals surface area contributed by atoms with Crippen LogP contribution in [-0.4, -0.2) is 183 Å². The summed E-state index contributed by atoms with van der Waals surface area (Å²) in [6.07, 6.45) is 27.4. The fourth-order valence-corrected chi connectivity index (χ4v) is 7.12. The monoisotopic (exact) mass is 1930 g/mol. The summed E-state index contributed by atoms with van der Waals surface area (Å²) >= 11 is 0. The Labute approximate surface area is 727 Å². The average molecular weight is 1930 g/mol. The van der Waals surface area contributed by atoms with E-state index in [0.717, 1.165) is 97.1 Å². The molecule has 1 aliphatic heterocycles. The van der Waals surface area contributed by atoms with Crippen molar-refractivity contribution in [1.82, 2.24) is 52.7 Å². The van der Waals surface area contributed by atoms with Gasteiger partial charge in [-0.25, -0.2) is 24.9 Å². The number of nitrogens with one attached hydrogen (secondary N) is 5. The largest absolute Gasteiger partial charge is 0.385 e. The second kappa shape index (κ2) is 120. The van der Waals surface area contributed by atoms with Crippen LogP contribution >= 0.6 is 71.9 Å². The molecule has 5 N–H and O–H groups in total. The van der Waals surface area contributed by atoms with Gasteiger partial charge < -0.3 is 56.2 Å². The second-order valence-corrected chi connectivity index (χ2v) is 18.0. The van der Waals surface area contributed by atoms with Crippen molar-refractivity contribution in [3.8, 4) is 0 Å². The Balaban J connectivity index is -0.0000000751. The van der Waals surface area contributed by atoms with Crippen molar-refractivity contribution in [2.24, 2.45) is 4.99 Å². The van der Waals surface area contributed by atoms with E-state index in [4.69, 9.17) is 28.4 Å². The first kappa shape index (κ1) is 140. The number of amidine groups is 1. The number of methoxy groups -OCH3 is 6. The fraction of sp³-hybridized carbons (Fsp3) is 0.696. The third-order valence-electron chi connectivity index (χ3n) is 10.7. The van der Waals surface area contributed by atoms with E-state index in [-0.39, 0.29) is 107 Å². The Kier molecular flexibility index (Phi) is 152. The van der Waals surface area contributed by atoms with Gasteiger partial charge in [0, 0.05) is 238 Å². The normalized spacial score (nSPS) is 9.33. The SMILES string of the molecule is CC.CC.CC.CC.CC.CC.CC.CC.CC.CC.CC.CC.CC(=O)N=C1CC=CN1CCCn1ccnc1NC(C)=O.CC(=O)Nc1nccn1CCCn1ccnc1NC(C)=O.CC(=O)Nc1nccn1CCCn1ccnc1NC(C)=O.COCCCOC.COCCCOC.COCCCOC.I.I.I. The van der Waals surface area contributed by atoms with Crippen LogP contribution in [0.2, 0.25) is 0 Å². The molecule has 5 aromatic rings. The number of anilines is 5. The van der Waals surface area contributed by atoms with E-state index in [0.29, 0.717) is 62.3 Å². The van der Waals surface area contributed by atoms with Gasteiger partial charge in [-0.05, 0) is 38.5 Å². The van der Waals surface area contributed by atoms with Gasteiger partial charge in [-0.15, -0.1) is 71.9 Å². The Morgan fingerprint density at radius 3 is 0.658 bits per heavy atom. The zero-order chi connectivity index (χ0) is 86.3.